The molecule has 0 bridgehead atoms. The molecule has 2 aromatic carbocycles. The Labute approximate surface area is 199 Å². The number of hydrogen-bond donors (Lipinski definition) is 3. The first-order valence-corrected chi connectivity index (χ1v) is 11.6. The summed E-state index contributed by atoms with van der Waals surface area (Å²) in [6.45, 7) is 0.499. The van der Waals surface area contributed by atoms with Crippen LogP contribution in [0.15, 0.2) is 48.5 Å². The highest BCUT2D eigenvalue weighted by Crippen LogP contribution is 2.44. The zero-order valence-electron chi connectivity index (χ0n) is 19.5. The molecule has 34 heavy (non-hydrogen) atoms. The summed E-state index contributed by atoms with van der Waals surface area (Å²) in [5.74, 6) is -1.20. The first-order chi connectivity index (χ1) is 16.3. The van der Waals surface area contributed by atoms with E-state index in [1.54, 1.807) is 19.0 Å². The minimum atomic E-state index is -1.05. The molecule has 180 valence electrons. The molecule has 8 heteroatoms. The van der Waals surface area contributed by atoms with Crippen molar-refractivity contribution in [1.29, 1.82) is 0 Å². The SMILES string of the molecule is CN(C)CC(NC(=O)CC1CC(NC(=O)OCC2c3ccccc3-c3ccccc32)C1)C(=O)O. The van der Waals surface area contributed by atoms with E-state index in [1.165, 1.54) is 22.3 Å². The quantitative estimate of drug-likeness (QED) is 0.526. The fourth-order valence-corrected chi connectivity index (χ4v) is 4.89. The van der Waals surface area contributed by atoms with Gasteiger partial charge in [-0.2, -0.15) is 0 Å². The molecule has 2 amide bonds. The highest BCUT2D eigenvalue weighted by Gasteiger charge is 2.34. The number of carbonyl (C=O) groups is 3. The molecule has 1 fully saturated rings. The van der Waals surface area contributed by atoms with Crippen molar-refractivity contribution in [1.82, 2.24) is 15.5 Å². The average molecular weight is 466 g/mol. The molecule has 1 unspecified atom stereocenters. The third-order valence-electron chi connectivity index (χ3n) is 6.56. The largest absolute Gasteiger partial charge is 0.480 e. The lowest BCUT2D eigenvalue weighted by Gasteiger charge is -2.35. The number of carbonyl (C=O) groups excluding carboxylic acids is 2. The van der Waals surface area contributed by atoms with Crippen molar-refractivity contribution < 1.29 is 24.2 Å². The molecule has 0 aromatic heterocycles. The van der Waals surface area contributed by atoms with Gasteiger partial charge in [-0.15, -0.1) is 0 Å². The summed E-state index contributed by atoms with van der Waals surface area (Å²) in [7, 11) is 3.52. The summed E-state index contributed by atoms with van der Waals surface area (Å²) < 4.78 is 5.58. The molecule has 4 rings (SSSR count). The van der Waals surface area contributed by atoms with Crippen LogP contribution in [-0.2, 0) is 14.3 Å². The molecule has 2 aliphatic rings. The number of carboxylic acids is 1. The molecule has 2 aromatic rings. The summed E-state index contributed by atoms with van der Waals surface area (Å²) in [6.07, 6.45) is 1.14. The summed E-state index contributed by atoms with van der Waals surface area (Å²) in [5, 5.41) is 14.7. The maximum atomic E-state index is 12.4. The van der Waals surface area contributed by atoms with Crippen molar-refractivity contribution in [2.24, 2.45) is 5.92 Å². The number of nitrogens with zero attached hydrogens (tertiary/aromatic N) is 1. The second-order valence-electron chi connectivity index (χ2n) is 9.43. The molecular weight excluding hydrogens is 434 g/mol. The van der Waals surface area contributed by atoms with E-state index < -0.39 is 18.1 Å². The van der Waals surface area contributed by atoms with E-state index >= 15 is 0 Å². The summed E-state index contributed by atoms with van der Waals surface area (Å²) in [5.41, 5.74) is 4.70. The van der Waals surface area contributed by atoms with Gasteiger partial charge in [-0.1, -0.05) is 48.5 Å². The van der Waals surface area contributed by atoms with Crippen LogP contribution in [0.5, 0.6) is 0 Å². The highest BCUT2D eigenvalue weighted by atomic mass is 16.5. The van der Waals surface area contributed by atoms with Crippen molar-refractivity contribution in [3.8, 4) is 11.1 Å². The van der Waals surface area contributed by atoms with Gasteiger partial charge in [0.25, 0.3) is 0 Å². The van der Waals surface area contributed by atoms with Crippen LogP contribution in [0.2, 0.25) is 0 Å². The number of likely N-dealkylation sites (N-methyl/N-ethyl adjacent to an activating group) is 1. The lowest BCUT2D eigenvalue weighted by molar-refractivity contribution is -0.142. The van der Waals surface area contributed by atoms with Gasteiger partial charge in [0, 0.05) is 24.9 Å². The number of benzene rings is 2. The Bertz CT molecular complexity index is 1020. The van der Waals surface area contributed by atoms with Crippen LogP contribution < -0.4 is 10.6 Å². The summed E-state index contributed by atoms with van der Waals surface area (Å²) in [6, 6.07) is 15.4. The molecule has 0 spiro atoms. The number of rotatable bonds is 9. The fraction of sp³-hybridized carbons (Fsp3) is 0.423. The van der Waals surface area contributed by atoms with E-state index in [0.717, 1.165) is 0 Å². The minimum Gasteiger partial charge on any atom is -0.480 e. The van der Waals surface area contributed by atoms with Crippen LogP contribution in [0, 0.1) is 5.92 Å². The number of aliphatic carboxylic acids is 1. The van der Waals surface area contributed by atoms with Gasteiger partial charge < -0.3 is 25.4 Å². The topological polar surface area (TPSA) is 108 Å². The van der Waals surface area contributed by atoms with E-state index in [2.05, 4.69) is 34.9 Å². The van der Waals surface area contributed by atoms with Crippen LogP contribution in [0.4, 0.5) is 4.79 Å². The number of hydrogen-bond acceptors (Lipinski definition) is 5. The first-order valence-electron chi connectivity index (χ1n) is 11.6. The van der Waals surface area contributed by atoms with Crippen molar-refractivity contribution in [2.75, 3.05) is 27.2 Å². The van der Waals surface area contributed by atoms with E-state index in [9.17, 15) is 19.5 Å². The second kappa shape index (κ2) is 10.3. The number of carboxylic acid groups (broad SMARTS) is 1. The normalized spacial score (nSPS) is 19.5. The Kier molecular flexibility index (Phi) is 7.17. The predicted octanol–water partition coefficient (Wildman–Crippen LogP) is 2.82. The number of nitrogens with one attached hydrogen (secondary N) is 2. The van der Waals surface area contributed by atoms with Crippen LogP contribution in [-0.4, -0.2) is 67.3 Å². The standard InChI is InChI=1S/C26H31N3O5/c1-29(2)14-23(25(31)32)28-24(30)13-16-11-17(12-16)27-26(33)34-15-22-20-9-5-3-7-18(20)19-8-4-6-10-21(19)22/h3-10,16-17,22-23H,11-15H2,1-2H3,(H,27,33)(H,28,30)(H,31,32). The van der Waals surface area contributed by atoms with Crippen LogP contribution in [0.1, 0.15) is 36.3 Å². The van der Waals surface area contributed by atoms with Crippen molar-refractivity contribution in [3.63, 3.8) is 0 Å². The molecule has 8 nitrogen and oxygen atoms in total. The van der Waals surface area contributed by atoms with Gasteiger partial charge >= 0.3 is 12.1 Å². The van der Waals surface area contributed by atoms with Crippen LogP contribution >= 0.6 is 0 Å². The predicted molar refractivity (Wildman–Crippen MR) is 127 cm³/mol. The third-order valence-corrected chi connectivity index (χ3v) is 6.56. The number of ether oxygens (including phenoxy) is 1. The monoisotopic (exact) mass is 465 g/mol. The smallest absolute Gasteiger partial charge is 0.407 e. The Morgan fingerprint density at radius 3 is 2.18 bits per heavy atom. The molecule has 0 aliphatic heterocycles. The lowest BCUT2D eigenvalue weighted by atomic mass is 9.78. The first kappa shape index (κ1) is 23.8. The lowest BCUT2D eigenvalue weighted by Crippen LogP contribution is -2.49. The molecule has 0 heterocycles. The van der Waals surface area contributed by atoms with Gasteiger partial charge in [0.05, 0.1) is 0 Å². The zero-order valence-corrected chi connectivity index (χ0v) is 19.5. The average Bonchev–Trinajstić information content (AvgIpc) is 3.09. The van der Waals surface area contributed by atoms with Gasteiger partial charge in [0.1, 0.15) is 12.6 Å². The fourth-order valence-electron chi connectivity index (χ4n) is 4.89. The van der Waals surface area contributed by atoms with Crippen LogP contribution in [0.25, 0.3) is 11.1 Å². The number of amides is 2. The van der Waals surface area contributed by atoms with Crippen molar-refractivity contribution in [2.45, 2.75) is 37.3 Å². The molecule has 1 atom stereocenters. The molecule has 2 aliphatic carbocycles. The van der Waals surface area contributed by atoms with E-state index in [0.29, 0.717) is 12.8 Å². The Hall–Kier alpha value is -3.39. The molecule has 0 saturated heterocycles. The van der Waals surface area contributed by atoms with Crippen LogP contribution in [0.3, 0.4) is 0 Å². The van der Waals surface area contributed by atoms with Crippen molar-refractivity contribution in [3.05, 3.63) is 59.7 Å². The third kappa shape index (κ3) is 5.39. The Morgan fingerprint density at radius 1 is 1.03 bits per heavy atom. The van der Waals surface area contributed by atoms with Gasteiger partial charge in [-0.05, 0) is 55.1 Å². The highest BCUT2D eigenvalue weighted by molar-refractivity contribution is 5.84. The van der Waals surface area contributed by atoms with Gasteiger partial charge in [0.15, 0.2) is 0 Å². The molecule has 1 saturated carbocycles. The maximum Gasteiger partial charge on any atom is 0.407 e. The molecular formula is C26H31N3O5. The number of fused-ring (bicyclic) bond motifs is 3. The molecule has 3 N–H and O–H groups in total. The van der Waals surface area contributed by atoms with Gasteiger partial charge in [-0.3, -0.25) is 4.79 Å². The summed E-state index contributed by atoms with van der Waals surface area (Å²) in [4.78, 5) is 37.6. The van der Waals surface area contributed by atoms with E-state index in [1.807, 2.05) is 24.3 Å². The second-order valence-corrected chi connectivity index (χ2v) is 9.43. The van der Waals surface area contributed by atoms with Crippen molar-refractivity contribution >= 4 is 18.0 Å². The van der Waals surface area contributed by atoms with Gasteiger partial charge in [-0.25, -0.2) is 9.59 Å². The van der Waals surface area contributed by atoms with Gasteiger partial charge in [0.2, 0.25) is 5.91 Å². The zero-order chi connectivity index (χ0) is 24.2. The summed E-state index contributed by atoms with van der Waals surface area (Å²) >= 11 is 0. The Balaban J connectivity index is 1.21. The maximum absolute atomic E-state index is 12.4. The Morgan fingerprint density at radius 2 is 1.62 bits per heavy atom. The van der Waals surface area contributed by atoms with E-state index in [4.69, 9.17) is 4.74 Å². The number of alkyl carbamates (subject to hydrolysis) is 1. The molecule has 0 radical (unpaired) electrons. The van der Waals surface area contributed by atoms with E-state index in [-0.39, 0.29) is 43.4 Å². The minimum absolute atomic E-state index is 0.0142.